The van der Waals surface area contributed by atoms with Crippen LogP contribution >= 0.6 is 0 Å². The molecule has 0 radical (unpaired) electrons. The van der Waals surface area contributed by atoms with Gasteiger partial charge in [-0.3, -0.25) is 9.82 Å². The summed E-state index contributed by atoms with van der Waals surface area (Å²) in [5, 5.41) is 0.558. The van der Waals surface area contributed by atoms with E-state index < -0.39 is 17.8 Å². The lowest BCUT2D eigenvalue weighted by Crippen LogP contribution is -2.36. The van der Waals surface area contributed by atoms with Crippen LogP contribution in [0, 0.1) is 0 Å². The van der Waals surface area contributed by atoms with Crippen molar-refractivity contribution >= 4 is 11.7 Å². The standard InChI is InChI=1S/C9H10F3N3O2/c1-2-17-15(8(13)16)7-3-6(4-14-5-7)9(10,11)12/h3-5H,2H2,1H3,(H2,13,16). The van der Waals surface area contributed by atoms with Crippen LogP contribution in [0.5, 0.6) is 0 Å². The Bertz CT molecular complexity index is 409. The molecule has 0 bridgehead atoms. The maximum atomic E-state index is 12.4. The van der Waals surface area contributed by atoms with Gasteiger partial charge in [-0.05, 0) is 13.0 Å². The van der Waals surface area contributed by atoms with Crippen molar-refractivity contribution in [1.82, 2.24) is 4.98 Å². The SMILES string of the molecule is CCON(C(N)=O)c1cncc(C(F)(F)F)c1. The molecule has 0 fully saturated rings. The number of rotatable bonds is 3. The molecule has 0 atom stereocenters. The zero-order valence-electron chi connectivity index (χ0n) is 8.86. The van der Waals surface area contributed by atoms with Crippen LogP contribution in [0.3, 0.4) is 0 Å². The zero-order valence-corrected chi connectivity index (χ0v) is 8.86. The van der Waals surface area contributed by atoms with E-state index in [9.17, 15) is 18.0 Å². The highest BCUT2D eigenvalue weighted by molar-refractivity contribution is 5.88. The van der Waals surface area contributed by atoms with Gasteiger partial charge in [0.1, 0.15) is 0 Å². The fourth-order valence-electron chi connectivity index (χ4n) is 1.09. The van der Waals surface area contributed by atoms with Crippen LogP contribution in [0.1, 0.15) is 12.5 Å². The first-order valence-electron chi connectivity index (χ1n) is 4.61. The summed E-state index contributed by atoms with van der Waals surface area (Å²) < 4.78 is 37.2. The van der Waals surface area contributed by atoms with E-state index in [1.165, 1.54) is 0 Å². The third-order valence-corrected chi connectivity index (χ3v) is 1.74. The summed E-state index contributed by atoms with van der Waals surface area (Å²) >= 11 is 0. The van der Waals surface area contributed by atoms with E-state index in [-0.39, 0.29) is 12.3 Å². The second-order valence-electron chi connectivity index (χ2n) is 2.98. The first-order chi connectivity index (χ1) is 7.86. The Hall–Kier alpha value is -1.83. The van der Waals surface area contributed by atoms with E-state index in [4.69, 9.17) is 10.6 Å². The van der Waals surface area contributed by atoms with Crippen molar-refractivity contribution in [2.24, 2.45) is 5.73 Å². The molecule has 1 aromatic heterocycles. The minimum Gasteiger partial charge on any atom is -0.349 e. The van der Waals surface area contributed by atoms with E-state index in [0.29, 0.717) is 11.3 Å². The number of primary amides is 1. The second-order valence-corrected chi connectivity index (χ2v) is 2.98. The van der Waals surface area contributed by atoms with Gasteiger partial charge in [0.05, 0.1) is 24.1 Å². The Morgan fingerprint density at radius 1 is 1.53 bits per heavy atom. The summed E-state index contributed by atoms with van der Waals surface area (Å²) in [6.45, 7) is 1.65. The highest BCUT2D eigenvalue weighted by Crippen LogP contribution is 2.30. The molecule has 94 valence electrons. The molecule has 0 unspecified atom stereocenters. The number of halogens is 3. The van der Waals surface area contributed by atoms with E-state index in [0.717, 1.165) is 12.3 Å². The van der Waals surface area contributed by atoms with Gasteiger partial charge in [0, 0.05) is 6.20 Å². The molecule has 17 heavy (non-hydrogen) atoms. The Kier molecular flexibility index (Phi) is 3.89. The molecule has 0 aliphatic heterocycles. The molecular formula is C9H10F3N3O2. The van der Waals surface area contributed by atoms with Crippen LogP contribution in [0.15, 0.2) is 18.5 Å². The summed E-state index contributed by atoms with van der Waals surface area (Å²) in [6, 6.07) is -0.291. The molecule has 0 saturated carbocycles. The monoisotopic (exact) mass is 249 g/mol. The van der Waals surface area contributed by atoms with E-state index in [1.54, 1.807) is 6.92 Å². The van der Waals surface area contributed by atoms with Crippen molar-refractivity contribution in [3.63, 3.8) is 0 Å². The number of nitrogens with zero attached hydrogens (tertiary/aromatic N) is 2. The number of nitrogens with two attached hydrogens (primary N) is 1. The topological polar surface area (TPSA) is 68.5 Å². The Morgan fingerprint density at radius 2 is 2.18 bits per heavy atom. The Labute approximate surface area is 94.9 Å². The summed E-state index contributed by atoms with van der Waals surface area (Å²) in [7, 11) is 0. The minimum absolute atomic E-state index is 0.0825. The minimum atomic E-state index is -4.54. The molecular weight excluding hydrogens is 239 g/mol. The number of carbonyl (C=O) groups excluding carboxylic acids is 1. The molecule has 0 aliphatic rings. The molecule has 1 heterocycles. The number of aromatic nitrogens is 1. The van der Waals surface area contributed by atoms with E-state index in [2.05, 4.69) is 4.98 Å². The number of pyridine rings is 1. The highest BCUT2D eigenvalue weighted by atomic mass is 19.4. The first kappa shape index (κ1) is 13.2. The Morgan fingerprint density at radius 3 is 2.65 bits per heavy atom. The summed E-state index contributed by atoms with van der Waals surface area (Å²) in [5.41, 5.74) is 3.81. The van der Waals surface area contributed by atoms with Gasteiger partial charge in [0.25, 0.3) is 0 Å². The van der Waals surface area contributed by atoms with Gasteiger partial charge in [-0.1, -0.05) is 0 Å². The van der Waals surface area contributed by atoms with E-state index >= 15 is 0 Å². The number of urea groups is 1. The third kappa shape index (κ3) is 3.31. The van der Waals surface area contributed by atoms with Crippen molar-refractivity contribution < 1.29 is 22.8 Å². The summed E-state index contributed by atoms with van der Waals surface area (Å²) in [4.78, 5) is 19.2. The lowest BCUT2D eigenvalue weighted by Gasteiger charge is -2.19. The zero-order chi connectivity index (χ0) is 13.1. The maximum absolute atomic E-state index is 12.4. The van der Waals surface area contributed by atoms with Gasteiger partial charge < -0.3 is 5.73 Å². The number of amides is 2. The average Bonchev–Trinajstić information content (AvgIpc) is 2.24. The fraction of sp³-hybridized carbons (Fsp3) is 0.333. The fourth-order valence-corrected chi connectivity index (χ4v) is 1.09. The normalized spacial score (nSPS) is 11.3. The number of hydrogen-bond donors (Lipinski definition) is 1. The predicted molar refractivity (Wildman–Crippen MR) is 52.9 cm³/mol. The molecule has 2 amide bonds. The Balaban J connectivity index is 3.08. The van der Waals surface area contributed by atoms with Crippen LogP contribution in [-0.4, -0.2) is 17.6 Å². The lowest BCUT2D eigenvalue weighted by molar-refractivity contribution is -0.137. The number of carbonyl (C=O) groups is 1. The van der Waals surface area contributed by atoms with Gasteiger partial charge in [-0.15, -0.1) is 0 Å². The van der Waals surface area contributed by atoms with Crippen molar-refractivity contribution in [3.8, 4) is 0 Å². The molecule has 1 rings (SSSR count). The molecule has 0 aromatic carbocycles. The van der Waals surface area contributed by atoms with Gasteiger partial charge in [0.15, 0.2) is 0 Å². The third-order valence-electron chi connectivity index (χ3n) is 1.74. The molecule has 0 spiro atoms. The molecule has 2 N–H and O–H groups in total. The summed E-state index contributed by atoms with van der Waals surface area (Å²) in [6.07, 6.45) is -2.84. The number of alkyl halides is 3. The van der Waals surface area contributed by atoms with Gasteiger partial charge in [-0.25, -0.2) is 4.79 Å². The van der Waals surface area contributed by atoms with Crippen LogP contribution in [-0.2, 0) is 11.0 Å². The maximum Gasteiger partial charge on any atom is 0.417 e. The largest absolute Gasteiger partial charge is 0.417 e. The van der Waals surface area contributed by atoms with Crippen LogP contribution in [0.25, 0.3) is 0 Å². The molecule has 0 saturated heterocycles. The van der Waals surface area contributed by atoms with E-state index in [1.807, 2.05) is 0 Å². The average molecular weight is 249 g/mol. The van der Waals surface area contributed by atoms with Gasteiger partial charge >= 0.3 is 12.2 Å². The van der Waals surface area contributed by atoms with Crippen molar-refractivity contribution in [2.75, 3.05) is 11.7 Å². The first-order valence-corrected chi connectivity index (χ1v) is 4.61. The molecule has 5 nitrogen and oxygen atoms in total. The number of hydrogen-bond acceptors (Lipinski definition) is 3. The molecule has 0 aliphatic carbocycles. The van der Waals surface area contributed by atoms with Crippen LogP contribution in [0.4, 0.5) is 23.7 Å². The smallest absolute Gasteiger partial charge is 0.349 e. The van der Waals surface area contributed by atoms with Gasteiger partial charge in [0.2, 0.25) is 0 Å². The molecule has 1 aromatic rings. The lowest BCUT2D eigenvalue weighted by atomic mass is 10.2. The van der Waals surface area contributed by atoms with Crippen molar-refractivity contribution in [1.29, 1.82) is 0 Å². The summed E-state index contributed by atoms with van der Waals surface area (Å²) in [5.74, 6) is 0. The number of hydroxylamine groups is 1. The molecule has 8 heteroatoms. The van der Waals surface area contributed by atoms with Crippen LogP contribution in [0.2, 0.25) is 0 Å². The second kappa shape index (κ2) is 5.00. The van der Waals surface area contributed by atoms with Gasteiger partial charge in [-0.2, -0.15) is 18.2 Å². The highest BCUT2D eigenvalue weighted by Gasteiger charge is 2.32. The quantitative estimate of drug-likeness (QED) is 0.832. The van der Waals surface area contributed by atoms with Crippen molar-refractivity contribution in [3.05, 3.63) is 24.0 Å². The van der Waals surface area contributed by atoms with Crippen LogP contribution < -0.4 is 10.8 Å². The van der Waals surface area contributed by atoms with Crippen molar-refractivity contribution in [2.45, 2.75) is 13.1 Å². The number of anilines is 1. The predicted octanol–water partition coefficient (Wildman–Crippen LogP) is 1.94.